The summed E-state index contributed by atoms with van der Waals surface area (Å²) in [6, 6.07) is 0.0334. The second kappa shape index (κ2) is 10.8. The van der Waals surface area contributed by atoms with Gasteiger partial charge in [-0.05, 0) is 59.3 Å². The van der Waals surface area contributed by atoms with E-state index in [1.54, 1.807) is 22.9 Å². The van der Waals surface area contributed by atoms with E-state index in [-0.39, 0.29) is 35.9 Å². The summed E-state index contributed by atoms with van der Waals surface area (Å²) < 4.78 is 54.0. The zero-order chi connectivity index (χ0) is 26.8. The largest absolute Gasteiger partial charge is 0.444 e. The number of piperidine rings is 1. The van der Waals surface area contributed by atoms with Gasteiger partial charge < -0.3 is 19.7 Å². The van der Waals surface area contributed by atoms with Crippen LogP contribution in [0.5, 0.6) is 0 Å². The first kappa shape index (κ1) is 27.2. The molecule has 0 bridgehead atoms. The number of nitrogens with zero attached hydrogens (tertiary/aromatic N) is 5. The van der Waals surface area contributed by atoms with Gasteiger partial charge in [0.1, 0.15) is 11.2 Å². The number of carbonyl (C=O) groups excluding carboxylic acids is 1. The highest BCUT2D eigenvalue weighted by Crippen LogP contribution is 2.37. The fourth-order valence-electron chi connectivity index (χ4n) is 4.80. The molecular formula is C25H35F3N6O3. The van der Waals surface area contributed by atoms with Gasteiger partial charge in [0, 0.05) is 44.2 Å². The van der Waals surface area contributed by atoms with E-state index in [4.69, 9.17) is 9.47 Å². The van der Waals surface area contributed by atoms with E-state index in [2.05, 4.69) is 20.4 Å². The lowest BCUT2D eigenvalue weighted by molar-refractivity contribution is -0.137. The van der Waals surface area contributed by atoms with Gasteiger partial charge in [0.25, 0.3) is 0 Å². The van der Waals surface area contributed by atoms with Gasteiger partial charge in [-0.2, -0.15) is 18.3 Å². The molecule has 1 aliphatic heterocycles. The maximum absolute atomic E-state index is 13.8. The van der Waals surface area contributed by atoms with Crippen LogP contribution in [0.25, 0.3) is 11.3 Å². The summed E-state index contributed by atoms with van der Waals surface area (Å²) in [6.45, 7) is 6.38. The highest BCUT2D eigenvalue weighted by atomic mass is 19.4. The maximum atomic E-state index is 13.8. The number of nitrogens with one attached hydrogen (secondary N) is 1. The standard InChI is InChI=1S/C25H35F3N6O3/c1-24(2,3)37-23(35)33-11-9-17(10-12-33)31-22-29-14-20(25(26,27)28)21(32-22)16-13-30-34(15-16)18-5-7-19(36-4)8-6-18/h13-15,17-19H,5-12H2,1-4H3,(H,29,31,32). The van der Waals surface area contributed by atoms with Crippen LogP contribution in [0, 0.1) is 0 Å². The molecule has 0 spiro atoms. The van der Waals surface area contributed by atoms with E-state index in [1.165, 1.54) is 6.20 Å². The van der Waals surface area contributed by atoms with Gasteiger partial charge in [-0.25, -0.2) is 14.8 Å². The van der Waals surface area contributed by atoms with E-state index in [9.17, 15) is 18.0 Å². The third-order valence-electron chi connectivity index (χ3n) is 6.80. The van der Waals surface area contributed by atoms with Crippen LogP contribution in [0.4, 0.5) is 23.9 Å². The van der Waals surface area contributed by atoms with Gasteiger partial charge in [0.2, 0.25) is 5.95 Å². The molecule has 1 N–H and O–H groups in total. The summed E-state index contributed by atoms with van der Waals surface area (Å²) in [5.41, 5.74) is -1.38. The van der Waals surface area contributed by atoms with Crippen molar-refractivity contribution in [3.05, 3.63) is 24.2 Å². The van der Waals surface area contributed by atoms with E-state index in [0.717, 1.165) is 31.9 Å². The number of rotatable bonds is 5. The zero-order valence-electron chi connectivity index (χ0n) is 21.7. The Bertz CT molecular complexity index is 1070. The summed E-state index contributed by atoms with van der Waals surface area (Å²) >= 11 is 0. The first-order valence-electron chi connectivity index (χ1n) is 12.7. The normalized spacial score (nSPS) is 21.6. The molecule has 204 valence electrons. The lowest BCUT2D eigenvalue weighted by Crippen LogP contribution is -2.44. The number of carbonyl (C=O) groups is 1. The molecule has 1 saturated heterocycles. The molecule has 1 aliphatic carbocycles. The van der Waals surface area contributed by atoms with E-state index >= 15 is 0 Å². The molecule has 4 rings (SSSR count). The number of amides is 1. The predicted octanol–water partition coefficient (Wildman–Crippen LogP) is 5.30. The first-order chi connectivity index (χ1) is 17.4. The van der Waals surface area contributed by atoms with Crippen molar-refractivity contribution in [1.82, 2.24) is 24.6 Å². The van der Waals surface area contributed by atoms with Gasteiger partial charge in [0.15, 0.2) is 0 Å². The van der Waals surface area contributed by atoms with Crippen molar-refractivity contribution in [1.29, 1.82) is 0 Å². The Morgan fingerprint density at radius 1 is 1.05 bits per heavy atom. The molecule has 0 radical (unpaired) electrons. The van der Waals surface area contributed by atoms with Gasteiger partial charge in [-0.3, -0.25) is 4.68 Å². The molecule has 9 nitrogen and oxygen atoms in total. The molecule has 2 fully saturated rings. The third kappa shape index (κ3) is 6.91. The SMILES string of the molecule is COC1CCC(n2cc(-c3nc(NC4CCN(C(=O)OC(C)(C)C)CC4)ncc3C(F)(F)F)cn2)CC1. The molecule has 2 aliphatic rings. The number of halogens is 3. The number of hydrogen-bond donors (Lipinski definition) is 1. The van der Waals surface area contributed by atoms with Crippen molar-refractivity contribution in [2.24, 2.45) is 0 Å². The van der Waals surface area contributed by atoms with E-state index in [0.29, 0.717) is 31.5 Å². The summed E-state index contributed by atoms with van der Waals surface area (Å²) in [5, 5.41) is 7.51. The predicted molar refractivity (Wildman–Crippen MR) is 131 cm³/mol. The fraction of sp³-hybridized carbons (Fsp3) is 0.680. The average molecular weight is 525 g/mol. The number of methoxy groups -OCH3 is 1. The Balaban J connectivity index is 1.46. The molecule has 1 amide bonds. The number of anilines is 1. The number of hydrogen-bond acceptors (Lipinski definition) is 7. The molecule has 2 aromatic heterocycles. The molecule has 0 atom stereocenters. The van der Waals surface area contributed by atoms with Crippen LogP contribution in [0.1, 0.15) is 70.9 Å². The van der Waals surface area contributed by atoms with Crippen molar-refractivity contribution < 1.29 is 27.4 Å². The molecule has 12 heteroatoms. The molecule has 3 heterocycles. The number of ether oxygens (including phenoxy) is 2. The zero-order valence-corrected chi connectivity index (χ0v) is 21.7. The van der Waals surface area contributed by atoms with Crippen molar-refractivity contribution >= 4 is 12.0 Å². The fourth-order valence-corrected chi connectivity index (χ4v) is 4.80. The quantitative estimate of drug-likeness (QED) is 0.567. The highest BCUT2D eigenvalue weighted by Gasteiger charge is 2.36. The van der Waals surface area contributed by atoms with Crippen molar-refractivity contribution in [2.75, 3.05) is 25.5 Å². The lowest BCUT2D eigenvalue weighted by Gasteiger charge is -2.33. The van der Waals surface area contributed by atoms with Crippen LogP contribution < -0.4 is 5.32 Å². The Labute approximate surface area is 214 Å². The third-order valence-corrected chi connectivity index (χ3v) is 6.80. The molecular weight excluding hydrogens is 489 g/mol. The minimum atomic E-state index is -4.61. The van der Waals surface area contributed by atoms with Gasteiger partial charge >= 0.3 is 12.3 Å². The Hall–Kier alpha value is -2.89. The summed E-state index contributed by atoms with van der Waals surface area (Å²) in [5.74, 6) is 0.118. The summed E-state index contributed by atoms with van der Waals surface area (Å²) in [4.78, 5) is 22.2. The van der Waals surface area contributed by atoms with Gasteiger partial charge in [-0.1, -0.05) is 0 Å². The molecule has 0 unspecified atom stereocenters. The first-order valence-corrected chi connectivity index (χ1v) is 12.7. The van der Waals surface area contributed by atoms with Crippen LogP contribution in [-0.4, -0.2) is 68.7 Å². The van der Waals surface area contributed by atoms with Crippen molar-refractivity contribution in [3.8, 4) is 11.3 Å². The van der Waals surface area contributed by atoms with Crippen molar-refractivity contribution in [2.45, 2.75) is 89.3 Å². The Morgan fingerprint density at radius 2 is 1.73 bits per heavy atom. The smallest absolute Gasteiger partial charge is 0.419 e. The molecule has 1 saturated carbocycles. The molecule has 37 heavy (non-hydrogen) atoms. The maximum Gasteiger partial charge on any atom is 0.419 e. The Morgan fingerprint density at radius 3 is 2.32 bits per heavy atom. The summed E-state index contributed by atoms with van der Waals surface area (Å²) in [6.07, 6.45) is 3.81. The van der Waals surface area contributed by atoms with Crippen LogP contribution in [0.2, 0.25) is 0 Å². The van der Waals surface area contributed by atoms with Gasteiger partial charge in [0.05, 0.1) is 24.0 Å². The van der Waals surface area contributed by atoms with E-state index < -0.39 is 17.3 Å². The van der Waals surface area contributed by atoms with Crippen LogP contribution in [0.15, 0.2) is 18.6 Å². The van der Waals surface area contributed by atoms with E-state index in [1.807, 2.05) is 20.8 Å². The molecule has 0 aromatic carbocycles. The lowest BCUT2D eigenvalue weighted by atomic mass is 9.93. The van der Waals surface area contributed by atoms with Crippen molar-refractivity contribution in [3.63, 3.8) is 0 Å². The molecule has 2 aromatic rings. The minimum absolute atomic E-state index is 0.0815. The monoisotopic (exact) mass is 524 g/mol. The van der Waals surface area contributed by atoms with Crippen LogP contribution in [-0.2, 0) is 15.7 Å². The Kier molecular flexibility index (Phi) is 7.96. The topological polar surface area (TPSA) is 94.4 Å². The number of likely N-dealkylation sites (tertiary alicyclic amines) is 1. The second-order valence-corrected chi connectivity index (χ2v) is 10.7. The summed E-state index contributed by atoms with van der Waals surface area (Å²) in [7, 11) is 1.70. The van der Waals surface area contributed by atoms with Crippen LogP contribution in [0.3, 0.4) is 0 Å². The number of alkyl halides is 3. The minimum Gasteiger partial charge on any atom is -0.444 e. The second-order valence-electron chi connectivity index (χ2n) is 10.7. The number of aromatic nitrogens is 4. The van der Waals surface area contributed by atoms with Gasteiger partial charge in [-0.15, -0.1) is 0 Å². The average Bonchev–Trinajstić information content (AvgIpc) is 3.33. The highest BCUT2D eigenvalue weighted by molar-refractivity contribution is 5.68. The van der Waals surface area contributed by atoms with Crippen LogP contribution >= 0.6 is 0 Å².